The Morgan fingerprint density at radius 3 is 2.84 bits per heavy atom. The Hall–Kier alpha value is -1.86. The van der Waals surface area contributed by atoms with Gasteiger partial charge in [-0.05, 0) is 31.3 Å². The van der Waals surface area contributed by atoms with Crippen LogP contribution in [-0.4, -0.2) is 32.7 Å². The highest BCUT2D eigenvalue weighted by atomic mass is 32.2. The number of hydrogen-bond donors (Lipinski definition) is 3. The van der Waals surface area contributed by atoms with Gasteiger partial charge in [-0.3, -0.25) is 4.98 Å². The third-order valence-corrected chi connectivity index (χ3v) is 4.16. The van der Waals surface area contributed by atoms with Crippen molar-refractivity contribution in [1.82, 2.24) is 9.71 Å². The van der Waals surface area contributed by atoms with Gasteiger partial charge in [0.25, 0.3) is 0 Å². The molecule has 0 unspecified atom stereocenters. The van der Waals surface area contributed by atoms with Crippen molar-refractivity contribution in [1.29, 1.82) is 0 Å². The zero-order valence-corrected chi connectivity index (χ0v) is 11.4. The molecule has 7 heteroatoms. The lowest BCUT2D eigenvalue weighted by atomic mass is 10.1. The van der Waals surface area contributed by atoms with Crippen LogP contribution in [0.4, 0.5) is 11.4 Å². The number of nitrogens with zero attached hydrogens (tertiary/aromatic N) is 1. The van der Waals surface area contributed by atoms with Crippen LogP contribution >= 0.6 is 0 Å². The van der Waals surface area contributed by atoms with E-state index in [1.165, 1.54) is 7.05 Å². The third kappa shape index (κ3) is 3.12. The van der Waals surface area contributed by atoms with E-state index >= 15 is 0 Å². The highest BCUT2D eigenvalue weighted by molar-refractivity contribution is 7.89. The predicted molar refractivity (Wildman–Crippen MR) is 77.5 cm³/mol. The van der Waals surface area contributed by atoms with Crippen LogP contribution in [0.3, 0.4) is 0 Å². The molecule has 0 saturated heterocycles. The second-order valence-corrected chi connectivity index (χ2v) is 6.10. The van der Waals surface area contributed by atoms with E-state index in [-0.39, 0.29) is 5.75 Å². The molecule has 1 aromatic carbocycles. The number of nitrogen functional groups attached to an aromatic ring is 1. The van der Waals surface area contributed by atoms with E-state index in [0.717, 1.165) is 11.1 Å². The Labute approximate surface area is 112 Å². The largest absolute Gasteiger partial charge is 0.397 e. The molecule has 0 aliphatic rings. The summed E-state index contributed by atoms with van der Waals surface area (Å²) in [6.07, 6.45) is 1.67. The van der Waals surface area contributed by atoms with Crippen LogP contribution in [-0.2, 0) is 10.0 Å². The minimum Gasteiger partial charge on any atom is -0.397 e. The van der Waals surface area contributed by atoms with Crippen LogP contribution in [0.5, 0.6) is 0 Å². The van der Waals surface area contributed by atoms with Crippen molar-refractivity contribution in [3.63, 3.8) is 0 Å². The van der Waals surface area contributed by atoms with Crippen molar-refractivity contribution in [2.75, 3.05) is 30.4 Å². The highest BCUT2D eigenvalue weighted by Crippen LogP contribution is 2.26. The Balaban J connectivity index is 2.20. The fourth-order valence-corrected chi connectivity index (χ4v) is 2.35. The van der Waals surface area contributed by atoms with Crippen LogP contribution in [0.1, 0.15) is 0 Å². The van der Waals surface area contributed by atoms with Crippen LogP contribution in [0.25, 0.3) is 10.9 Å². The number of sulfonamides is 1. The third-order valence-electron chi connectivity index (χ3n) is 2.80. The molecule has 0 aliphatic heterocycles. The van der Waals surface area contributed by atoms with Gasteiger partial charge < -0.3 is 11.1 Å². The van der Waals surface area contributed by atoms with Gasteiger partial charge in [-0.2, -0.15) is 0 Å². The van der Waals surface area contributed by atoms with Crippen LogP contribution < -0.4 is 15.8 Å². The maximum atomic E-state index is 11.3. The normalized spacial score (nSPS) is 11.6. The second-order valence-electron chi connectivity index (χ2n) is 4.05. The minimum atomic E-state index is -3.20. The van der Waals surface area contributed by atoms with Gasteiger partial charge in [0.05, 0.1) is 17.0 Å². The standard InChI is InChI=1S/C12H16N4O2S/c1-14-19(17,18)8-7-15-11-5-4-10(13)12-9(11)3-2-6-16-12/h2-6,14-15H,7-8,13H2,1H3. The molecular weight excluding hydrogens is 264 g/mol. The average Bonchev–Trinajstić information content (AvgIpc) is 2.42. The Morgan fingerprint density at radius 2 is 2.11 bits per heavy atom. The van der Waals surface area contributed by atoms with Crippen LogP contribution in [0.2, 0.25) is 0 Å². The van der Waals surface area contributed by atoms with E-state index < -0.39 is 10.0 Å². The summed E-state index contributed by atoms with van der Waals surface area (Å²) in [5.74, 6) is 0.00956. The van der Waals surface area contributed by atoms with Gasteiger partial charge >= 0.3 is 0 Å². The summed E-state index contributed by atoms with van der Waals surface area (Å²) >= 11 is 0. The van der Waals surface area contributed by atoms with Gasteiger partial charge in [0, 0.05) is 23.8 Å². The molecule has 19 heavy (non-hydrogen) atoms. The zero-order chi connectivity index (χ0) is 13.9. The molecule has 102 valence electrons. The first-order valence-corrected chi connectivity index (χ1v) is 7.47. The molecule has 4 N–H and O–H groups in total. The predicted octanol–water partition coefficient (Wildman–Crippen LogP) is 0.778. The van der Waals surface area contributed by atoms with E-state index in [1.807, 2.05) is 18.2 Å². The zero-order valence-electron chi connectivity index (χ0n) is 10.6. The molecule has 1 aromatic heterocycles. The quantitative estimate of drug-likeness (QED) is 0.703. The molecule has 1 heterocycles. The van der Waals surface area contributed by atoms with E-state index in [2.05, 4.69) is 15.0 Å². The lowest BCUT2D eigenvalue weighted by Gasteiger charge is -2.10. The molecule has 2 rings (SSSR count). The fourth-order valence-electron chi connectivity index (χ4n) is 1.77. The summed E-state index contributed by atoms with van der Waals surface area (Å²) in [4.78, 5) is 4.22. The number of rotatable bonds is 5. The number of nitrogens with two attached hydrogens (primary N) is 1. The smallest absolute Gasteiger partial charge is 0.213 e. The number of nitrogens with one attached hydrogen (secondary N) is 2. The molecule has 0 atom stereocenters. The minimum absolute atomic E-state index is 0.00956. The molecule has 2 aromatic rings. The maximum Gasteiger partial charge on any atom is 0.213 e. The van der Waals surface area contributed by atoms with Gasteiger partial charge in [0.1, 0.15) is 0 Å². The van der Waals surface area contributed by atoms with Crippen molar-refractivity contribution in [3.8, 4) is 0 Å². The summed E-state index contributed by atoms with van der Waals surface area (Å²) < 4.78 is 24.9. The lowest BCUT2D eigenvalue weighted by Crippen LogP contribution is -2.26. The molecule has 0 spiro atoms. The summed E-state index contributed by atoms with van der Waals surface area (Å²) in [6.45, 7) is 0.317. The molecule has 0 fully saturated rings. The van der Waals surface area contributed by atoms with Gasteiger partial charge in [-0.15, -0.1) is 0 Å². The molecule has 0 saturated carbocycles. The first kappa shape index (κ1) is 13.6. The Bertz CT molecular complexity index is 685. The van der Waals surface area contributed by atoms with Crippen molar-refractivity contribution in [2.24, 2.45) is 0 Å². The Morgan fingerprint density at radius 1 is 1.32 bits per heavy atom. The fraction of sp³-hybridized carbons (Fsp3) is 0.250. The summed E-state index contributed by atoms with van der Waals surface area (Å²) in [5.41, 5.74) is 7.98. The molecule has 0 bridgehead atoms. The molecule has 0 aliphatic carbocycles. The number of aromatic nitrogens is 1. The number of anilines is 2. The number of fused-ring (bicyclic) bond motifs is 1. The van der Waals surface area contributed by atoms with E-state index in [1.54, 1.807) is 12.3 Å². The summed E-state index contributed by atoms with van der Waals surface area (Å²) in [7, 11) is -1.80. The molecule has 0 radical (unpaired) electrons. The van der Waals surface area contributed by atoms with Gasteiger partial charge in [-0.1, -0.05) is 0 Å². The molecular formula is C12H16N4O2S. The monoisotopic (exact) mass is 280 g/mol. The summed E-state index contributed by atoms with van der Waals surface area (Å²) in [6, 6.07) is 7.29. The van der Waals surface area contributed by atoms with E-state index in [0.29, 0.717) is 17.7 Å². The van der Waals surface area contributed by atoms with E-state index in [9.17, 15) is 8.42 Å². The topological polar surface area (TPSA) is 97.1 Å². The van der Waals surface area contributed by atoms with Crippen LogP contribution in [0.15, 0.2) is 30.5 Å². The number of benzene rings is 1. The summed E-state index contributed by atoms with van der Waals surface area (Å²) in [5, 5.41) is 3.97. The van der Waals surface area contributed by atoms with Crippen molar-refractivity contribution in [2.45, 2.75) is 0 Å². The van der Waals surface area contributed by atoms with E-state index in [4.69, 9.17) is 5.73 Å². The SMILES string of the molecule is CNS(=O)(=O)CCNc1ccc(N)c2ncccc12. The molecule has 6 nitrogen and oxygen atoms in total. The van der Waals surface area contributed by atoms with Gasteiger partial charge in [0.15, 0.2) is 0 Å². The van der Waals surface area contributed by atoms with Gasteiger partial charge in [0.2, 0.25) is 10.0 Å². The van der Waals surface area contributed by atoms with Crippen molar-refractivity contribution >= 4 is 32.3 Å². The Kier molecular flexibility index (Phi) is 3.87. The highest BCUT2D eigenvalue weighted by Gasteiger charge is 2.08. The van der Waals surface area contributed by atoms with Crippen molar-refractivity contribution < 1.29 is 8.42 Å². The number of pyridine rings is 1. The second kappa shape index (κ2) is 5.41. The first-order valence-electron chi connectivity index (χ1n) is 5.82. The van der Waals surface area contributed by atoms with Crippen molar-refractivity contribution in [3.05, 3.63) is 30.5 Å². The first-order chi connectivity index (χ1) is 9.03. The lowest BCUT2D eigenvalue weighted by molar-refractivity contribution is 0.588. The van der Waals surface area contributed by atoms with Crippen LogP contribution in [0, 0.1) is 0 Å². The molecule has 0 amide bonds. The maximum absolute atomic E-state index is 11.3. The number of hydrogen-bond acceptors (Lipinski definition) is 5. The average molecular weight is 280 g/mol. The van der Waals surface area contributed by atoms with Gasteiger partial charge in [-0.25, -0.2) is 13.1 Å².